The Morgan fingerprint density at radius 2 is 1.84 bits per heavy atom. The van der Waals surface area contributed by atoms with Gasteiger partial charge in [-0.05, 0) is 53.9 Å². The number of hydrogen-bond acceptors (Lipinski definition) is 5. The summed E-state index contributed by atoms with van der Waals surface area (Å²) in [6, 6.07) is 14.8. The van der Waals surface area contributed by atoms with Crippen molar-refractivity contribution in [3.8, 4) is 5.75 Å². The molecule has 162 valence electrons. The normalized spacial score (nSPS) is 16.1. The lowest BCUT2D eigenvalue weighted by Gasteiger charge is -2.36. The molecule has 0 amide bonds. The quantitative estimate of drug-likeness (QED) is 0.511. The van der Waals surface area contributed by atoms with Gasteiger partial charge in [-0.15, -0.1) is 0 Å². The first kappa shape index (κ1) is 21.5. The van der Waals surface area contributed by atoms with Crippen molar-refractivity contribution < 1.29 is 9.13 Å². The lowest BCUT2D eigenvalue weighted by molar-refractivity contribution is 0.229. The third kappa shape index (κ3) is 4.65. The summed E-state index contributed by atoms with van der Waals surface area (Å²) in [6.07, 6.45) is 0. The standard InChI is InChI=1S/C24H26ClFN4O/c1-4-29(2)23-21-15-30(13-16-5-11-19(31-3)12-6-16)14-20(22(21)27-24(25)28-23)17-7-9-18(26)10-8-17/h5-12,20H,4,13-15H2,1-3H3. The lowest BCUT2D eigenvalue weighted by atomic mass is 9.88. The van der Waals surface area contributed by atoms with Gasteiger partial charge in [-0.3, -0.25) is 4.90 Å². The number of fused-ring (bicyclic) bond motifs is 1. The highest BCUT2D eigenvalue weighted by Crippen LogP contribution is 2.37. The van der Waals surface area contributed by atoms with Gasteiger partial charge in [0.25, 0.3) is 0 Å². The van der Waals surface area contributed by atoms with Gasteiger partial charge >= 0.3 is 0 Å². The molecule has 0 fully saturated rings. The summed E-state index contributed by atoms with van der Waals surface area (Å²) in [5, 5.41) is 0.241. The van der Waals surface area contributed by atoms with E-state index < -0.39 is 0 Å². The van der Waals surface area contributed by atoms with Gasteiger partial charge < -0.3 is 9.64 Å². The molecule has 2 aromatic carbocycles. The molecule has 0 saturated heterocycles. The first-order valence-corrected chi connectivity index (χ1v) is 10.7. The molecule has 31 heavy (non-hydrogen) atoms. The van der Waals surface area contributed by atoms with Gasteiger partial charge in [-0.2, -0.15) is 0 Å². The lowest BCUT2D eigenvalue weighted by Crippen LogP contribution is -2.36. The smallest absolute Gasteiger partial charge is 0.224 e. The molecule has 4 rings (SSSR count). The van der Waals surface area contributed by atoms with E-state index in [0.717, 1.165) is 54.6 Å². The molecule has 0 radical (unpaired) electrons. The Balaban J connectivity index is 1.74. The Morgan fingerprint density at radius 3 is 2.48 bits per heavy atom. The summed E-state index contributed by atoms with van der Waals surface area (Å²) in [7, 11) is 3.68. The molecule has 0 N–H and O–H groups in total. The van der Waals surface area contributed by atoms with Crippen molar-refractivity contribution in [1.82, 2.24) is 14.9 Å². The van der Waals surface area contributed by atoms with Crippen LogP contribution in [0, 0.1) is 5.82 Å². The van der Waals surface area contributed by atoms with Crippen LogP contribution in [-0.4, -0.2) is 42.1 Å². The van der Waals surface area contributed by atoms with Crippen molar-refractivity contribution in [3.63, 3.8) is 0 Å². The first-order valence-electron chi connectivity index (χ1n) is 10.4. The van der Waals surface area contributed by atoms with E-state index in [-0.39, 0.29) is 17.0 Å². The number of ether oxygens (including phenoxy) is 1. The first-order chi connectivity index (χ1) is 15.0. The zero-order valence-corrected chi connectivity index (χ0v) is 18.7. The van der Waals surface area contributed by atoms with Gasteiger partial charge in [0.1, 0.15) is 17.4 Å². The van der Waals surface area contributed by atoms with Gasteiger partial charge in [0.05, 0.1) is 12.8 Å². The van der Waals surface area contributed by atoms with Crippen LogP contribution in [0.1, 0.15) is 35.2 Å². The van der Waals surface area contributed by atoms with Crippen LogP contribution in [0.5, 0.6) is 5.75 Å². The van der Waals surface area contributed by atoms with Crippen LogP contribution < -0.4 is 9.64 Å². The molecule has 1 unspecified atom stereocenters. The Labute approximate surface area is 187 Å². The minimum absolute atomic E-state index is 0.0212. The number of methoxy groups -OCH3 is 1. The maximum Gasteiger partial charge on any atom is 0.224 e. The number of halogens is 2. The molecule has 0 bridgehead atoms. The minimum atomic E-state index is -0.248. The summed E-state index contributed by atoms with van der Waals surface area (Å²) in [6.45, 7) is 5.14. The van der Waals surface area contributed by atoms with E-state index in [4.69, 9.17) is 16.3 Å². The molecule has 1 aliphatic heterocycles. The zero-order chi connectivity index (χ0) is 22.0. The van der Waals surface area contributed by atoms with Gasteiger partial charge in [0.15, 0.2) is 0 Å². The van der Waals surface area contributed by atoms with Crippen LogP contribution in [-0.2, 0) is 13.1 Å². The fourth-order valence-corrected chi connectivity index (χ4v) is 4.24. The molecule has 7 heteroatoms. The minimum Gasteiger partial charge on any atom is -0.497 e. The topological polar surface area (TPSA) is 41.5 Å². The Bertz CT molecular complexity index is 1040. The van der Waals surface area contributed by atoms with Crippen LogP contribution in [0.25, 0.3) is 0 Å². The second kappa shape index (κ2) is 9.20. The van der Waals surface area contributed by atoms with Crippen molar-refractivity contribution in [2.75, 3.05) is 32.1 Å². The van der Waals surface area contributed by atoms with E-state index >= 15 is 0 Å². The summed E-state index contributed by atoms with van der Waals surface area (Å²) in [5.41, 5.74) is 4.21. The Hall–Kier alpha value is -2.70. The number of nitrogens with zero attached hydrogens (tertiary/aromatic N) is 4. The van der Waals surface area contributed by atoms with Crippen LogP contribution in [0.4, 0.5) is 10.2 Å². The second-order valence-electron chi connectivity index (χ2n) is 7.82. The molecular formula is C24H26ClFN4O. The van der Waals surface area contributed by atoms with Gasteiger partial charge in [-0.1, -0.05) is 24.3 Å². The molecule has 0 spiro atoms. The summed E-state index contributed by atoms with van der Waals surface area (Å²) >= 11 is 6.32. The Morgan fingerprint density at radius 1 is 1.13 bits per heavy atom. The molecule has 1 aliphatic rings. The molecule has 0 aliphatic carbocycles. The van der Waals surface area contributed by atoms with Crippen molar-refractivity contribution in [3.05, 3.63) is 82.0 Å². The predicted molar refractivity (Wildman–Crippen MR) is 121 cm³/mol. The monoisotopic (exact) mass is 440 g/mol. The van der Waals surface area contributed by atoms with Gasteiger partial charge in [0, 0.05) is 44.7 Å². The third-order valence-electron chi connectivity index (χ3n) is 5.82. The maximum atomic E-state index is 13.6. The average Bonchev–Trinajstić information content (AvgIpc) is 2.79. The number of hydrogen-bond donors (Lipinski definition) is 0. The highest BCUT2D eigenvalue weighted by atomic mass is 35.5. The average molecular weight is 441 g/mol. The summed E-state index contributed by atoms with van der Waals surface area (Å²) < 4.78 is 18.9. The molecule has 0 saturated carbocycles. The summed E-state index contributed by atoms with van der Waals surface area (Å²) in [5.74, 6) is 1.42. The van der Waals surface area contributed by atoms with E-state index in [2.05, 4.69) is 38.8 Å². The van der Waals surface area contributed by atoms with Crippen LogP contribution in [0.3, 0.4) is 0 Å². The zero-order valence-electron chi connectivity index (χ0n) is 18.0. The Kier molecular flexibility index (Phi) is 6.39. The SMILES string of the molecule is CCN(C)c1nc(Cl)nc2c1CN(Cc1ccc(OC)cc1)CC2c1ccc(F)cc1. The maximum absolute atomic E-state index is 13.6. The van der Waals surface area contributed by atoms with Crippen LogP contribution >= 0.6 is 11.6 Å². The van der Waals surface area contributed by atoms with Crippen molar-refractivity contribution in [1.29, 1.82) is 0 Å². The highest BCUT2D eigenvalue weighted by molar-refractivity contribution is 6.28. The summed E-state index contributed by atoms with van der Waals surface area (Å²) in [4.78, 5) is 13.6. The third-order valence-corrected chi connectivity index (χ3v) is 5.99. The molecule has 1 atom stereocenters. The predicted octanol–water partition coefficient (Wildman–Crippen LogP) is 4.88. The van der Waals surface area contributed by atoms with Crippen molar-refractivity contribution >= 4 is 17.4 Å². The second-order valence-corrected chi connectivity index (χ2v) is 8.15. The van der Waals surface area contributed by atoms with E-state index in [1.54, 1.807) is 7.11 Å². The van der Waals surface area contributed by atoms with Crippen molar-refractivity contribution in [2.45, 2.75) is 25.9 Å². The fourth-order valence-electron chi connectivity index (χ4n) is 4.07. The van der Waals surface area contributed by atoms with E-state index in [1.165, 1.54) is 17.7 Å². The van der Waals surface area contributed by atoms with E-state index in [1.807, 2.05) is 31.3 Å². The molecule has 1 aromatic heterocycles. The molecule has 3 aromatic rings. The van der Waals surface area contributed by atoms with E-state index in [9.17, 15) is 4.39 Å². The number of aromatic nitrogens is 2. The number of anilines is 1. The molecule has 2 heterocycles. The van der Waals surface area contributed by atoms with Crippen LogP contribution in [0.15, 0.2) is 48.5 Å². The number of rotatable bonds is 6. The largest absolute Gasteiger partial charge is 0.497 e. The number of benzene rings is 2. The molecule has 5 nitrogen and oxygen atoms in total. The van der Waals surface area contributed by atoms with Crippen molar-refractivity contribution in [2.24, 2.45) is 0 Å². The highest BCUT2D eigenvalue weighted by Gasteiger charge is 2.32. The van der Waals surface area contributed by atoms with E-state index in [0.29, 0.717) is 0 Å². The molecular weight excluding hydrogens is 415 g/mol. The fraction of sp³-hybridized carbons (Fsp3) is 0.333. The van der Waals surface area contributed by atoms with Crippen LogP contribution in [0.2, 0.25) is 5.28 Å². The van der Waals surface area contributed by atoms with Gasteiger partial charge in [0.2, 0.25) is 5.28 Å². The van der Waals surface area contributed by atoms with Gasteiger partial charge in [-0.25, -0.2) is 14.4 Å².